The SMILES string of the molecule is CC(C)(C)NCc1cccc2c1CNCC2. The fourth-order valence-corrected chi connectivity index (χ4v) is 2.11. The zero-order valence-electron chi connectivity index (χ0n) is 10.6. The number of nitrogens with one attached hydrogen (secondary N) is 2. The third-order valence-electron chi connectivity index (χ3n) is 3.05. The highest BCUT2D eigenvalue weighted by Gasteiger charge is 2.14. The van der Waals surface area contributed by atoms with Gasteiger partial charge in [-0.2, -0.15) is 0 Å². The van der Waals surface area contributed by atoms with Crippen molar-refractivity contribution in [3.63, 3.8) is 0 Å². The predicted molar refractivity (Wildman–Crippen MR) is 68.4 cm³/mol. The van der Waals surface area contributed by atoms with Gasteiger partial charge in [-0.05, 0) is 50.4 Å². The van der Waals surface area contributed by atoms with Crippen molar-refractivity contribution in [3.8, 4) is 0 Å². The van der Waals surface area contributed by atoms with Crippen LogP contribution >= 0.6 is 0 Å². The summed E-state index contributed by atoms with van der Waals surface area (Å²) in [5.41, 5.74) is 4.65. The summed E-state index contributed by atoms with van der Waals surface area (Å²) in [6, 6.07) is 6.69. The van der Waals surface area contributed by atoms with Crippen LogP contribution in [0.15, 0.2) is 18.2 Å². The Morgan fingerprint density at radius 3 is 2.88 bits per heavy atom. The molecule has 0 radical (unpaired) electrons. The molecule has 0 unspecified atom stereocenters. The Morgan fingerprint density at radius 1 is 1.31 bits per heavy atom. The first-order valence-electron chi connectivity index (χ1n) is 6.12. The molecule has 0 fully saturated rings. The molecule has 1 aromatic rings. The molecule has 2 N–H and O–H groups in total. The largest absolute Gasteiger partial charge is 0.312 e. The van der Waals surface area contributed by atoms with E-state index in [4.69, 9.17) is 0 Å². The van der Waals surface area contributed by atoms with Crippen LogP contribution in [0.25, 0.3) is 0 Å². The summed E-state index contributed by atoms with van der Waals surface area (Å²) in [5.74, 6) is 0. The number of hydrogen-bond donors (Lipinski definition) is 2. The third-order valence-corrected chi connectivity index (χ3v) is 3.05. The van der Waals surface area contributed by atoms with Crippen LogP contribution in [0.4, 0.5) is 0 Å². The molecule has 0 aromatic heterocycles. The van der Waals surface area contributed by atoms with Gasteiger partial charge in [-0.1, -0.05) is 18.2 Å². The molecule has 88 valence electrons. The van der Waals surface area contributed by atoms with Crippen LogP contribution in [0.5, 0.6) is 0 Å². The normalized spacial score (nSPS) is 15.9. The Balaban J connectivity index is 2.15. The fourth-order valence-electron chi connectivity index (χ4n) is 2.11. The van der Waals surface area contributed by atoms with Crippen molar-refractivity contribution >= 4 is 0 Å². The van der Waals surface area contributed by atoms with Crippen LogP contribution in [-0.4, -0.2) is 12.1 Å². The van der Waals surface area contributed by atoms with Gasteiger partial charge in [0.05, 0.1) is 0 Å². The van der Waals surface area contributed by atoms with E-state index in [1.165, 1.54) is 23.1 Å². The van der Waals surface area contributed by atoms with Gasteiger partial charge in [-0.3, -0.25) is 0 Å². The number of benzene rings is 1. The van der Waals surface area contributed by atoms with Gasteiger partial charge in [0, 0.05) is 18.6 Å². The van der Waals surface area contributed by atoms with E-state index in [1.807, 2.05) is 0 Å². The van der Waals surface area contributed by atoms with Crippen LogP contribution in [0.1, 0.15) is 37.5 Å². The average Bonchev–Trinajstić information content (AvgIpc) is 2.25. The van der Waals surface area contributed by atoms with Gasteiger partial charge >= 0.3 is 0 Å². The second kappa shape index (κ2) is 4.56. The number of hydrogen-bond acceptors (Lipinski definition) is 2. The molecule has 1 heterocycles. The molecule has 0 saturated carbocycles. The first kappa shape index (κ1) is 11.6. The van der Waals surface area contributed by atoms with Crippen LogP contribution in [-0.2, 0) is 19.5 Å². The molecule has 16 heavy (non-hydrogen) atoms. The van der Waals surface area contributed by atoms with Crippen molar-refractivity contribution in [2.24, 2.45) is 0 Å². The van der Waals surface area contributed by atoms with E-state index >= 15 is 0 Å². The van der Waals surface area contributed by atoms with Crippen molar-refractivity contribution in [2.45, 2.75) is 45.8 Å². The van der Waals surface area contributed by atoms with Gasteiger partial charge in [-0.25, -0.2) is 0 Å². The molecule has 0 saturated heterocycles. The molecule has 0 spiro atoms. The second-order valence-electron chi connectivity index (χ2n) is 5.59. The van der Waals surface area contributed by atoms with Crippen LogP contribution in [0.3, 0.4) is 0 Å². The lowest BCUT2D eigenvalue weighted by Gasteiger charge is -2.24. The molecule has 2 rings (SSSR count). The summed E-state index contributed by atoms with van der Waals surface area (Å²) in [6.45, 7) is 9.73. The lowest BCUT2D eigenvalue weighted by molar-refractivity contribution is 0.422. The minimum atomic E-state index is 0.185. The van der Waals surface area contributed by atoms with Gasteiger partial charge in [0.1, 0.15) is 0 Å². The molecule has 0 aliphatic carbocycles. The maximum absolute atomic E-state index is 3.56. The minimum absolute atomic E-state index is 0.185. The lowest BCUT2D eigenvalue weighted by Crippen LogP contribution is -2.36. The van der Waals surface area contributed by atoms with E-state index in [0.717, 1.165) is 19.6 Å². The van der Waals surface area contributed by atoms with Crippen LogP contribution in [0, 0.1) is 0 Å². The first-order valence-corrected chi connectivity index (χ1v) is 6.12. The Morgan fingerprint density at radius 2 is 2.12 bits per heavy atom. The number of fused-ring (bicyclic) bond motifs is 1. The van der Waals surface area contributed by atoms with E-state index in [-0.39, 0.29) is 5.54 Å². The fraction of sp³-hybridized carbons (Fsp3) is 0.571. The smallest absolute Gasteiger partial charge is 0.0213 e. The highest BCUT2D eigenvalue weighted by atomic mass is 14.9. The van der Waals surface area contributed by atoms with Crippen molar-refractivity contribution in [1.29, 1.82) is 0 Å². The average molecular weight is 218 g/mol. The molecule has 2 nitrogen and oxygen atoms in total. The Bertz CT molecular complexity index is 363. The summed E-state index contributed by atoms with van der Waals surface area (Å²) in [6.07, 6.45) is 1.17. The standard InChI is InChI=1S/C14H22N2/c1-14(2,3)16-9-12-6-4-5-11-7-8-15-10-13(11)12/h4-6,15-16H,7-10H2,1-3H3. The summed E-state index contributed by atoms with van der Waals surface area (Å²) in [5, 5.41) is 7.01. The molecule has 0 bridgehead atoms. The van der Waals surface area contributed by atoms with Crippen molar-refractivity contribution in [2.75, 3.05) is 6.54 Å². The summed E-state index contributed by atoms with van der Waals surface area (Å²) in [7, 11) is 0. The number of rotatable bonds is 2. The monoisotopic (exact) mass is 218 g/mol. The topological polar surface area (TPSA) is 24.1 Å². The molecule has 0 amide bonds. The second-order valence-corrected chi connectivity index (χ2v) is 5.59. The van der Waals surface area contributed by atoms with Gasteiger partial charge in [0.15, 0.2) is 0 Å². The van der Waals surface area contributed by atoms with Gasteiger partial charge in [0.2, 0.25) is 0 Å². The molecular formula is C14H22N2. The van der Waals surface area contributed by atoms with Gasteiger partial charge < -0.3 is 10.6 Å². The minimum Gasteiger partial charge on any atom is -0.312 e. The van der Waals surface area contributed by atoms with E-state index in [2.05, 4.69) is 49.6 Å². The maximum Gasteiger partial charge on any atom is 0.0213 e. The molecule has 0 atom stereocenters. The van der Waals surface area contributed by atoms with Gasteiger partial charge in [0.25, 0.3) is 0 Å². The maximum atomic E-state index is 3.56. The summed E-state index contributed by atoms with van der Waals surface area (Å²) >= 11 is 0. The third kappa shape index (κ3) is 2.83. The van der Waals surface area contributed by atoms with Crippen molar-refractivity contribution in [1.82, 2.24) is 10.6 Å². The predicted octanol–water partition coefficient (Wildman–Crippen LogP) is 2.22. The quantitative estimate of drug-likeness (QED) is 0.795. The van der Waals surface area contributed by atoms with Crippen molar-refractivity contribution in [3.05, 3.63) is 34.9 Å². The van der Waals surface area contributed by atoms with E-state index < -0.39 is 0 Å². The molecule has 1 aliphatic rings. The zero-order valence-corrected chi connectivity index (χ0v) is 10.6. The zero-order chi connectivity index (χ0) is 11.6. The van der Waals surface area contributed by atoms with E-state index in [1.54, 1.807) is 0 Å². The lowest BCUT2D eigenvalue weighted by atomic mass is 9.95. The molecular weight excluding hydrogens is 196 g/mol. The molecule has 1 aromatic carbocycles. The van der Waals surface area contributed by atoms with Gasteiger partial charge in [-0.15, -0.1) is 0 Å². The summed E-state index contributed by atoms with van der Waals surface area (Å²) < 4.78 is 0. The first-order chi connectivity index (χ1) is 7.56. The van der Waals surface area contributed by atoms with E-state index in [9.17, 15) is 0 Å². The Kier molecular flexibility index (Phi) is 3.31. The van der Waals surface area contributed by atoms with Crippen LogP contribution in [0.2, 0.25) is 0 Å². The Labute approximate surface area is 98.4 Å². The van der Waals surface area contributed by atoms with Crippen LogP contribution < -0.4 is 10.6 Å². The highest BCUT2D eigenvalue weighted by molar-refractivity contribution is 5.36. The van der Waals surface area contributed by atoms with E-state index in [0.29, 0.717) is 0 Å². The highest BCUT2D eigenvalue weighted by Crippen LogP contribution is 2.19. The Hall–Kier alpha value is -0.860. The molecule has 1 aliphatic heterocycles. The molecule has 2 heteroatoms. The summed E-state index contributed by atoms with van der Waals surface area (Å²) in [4.78, 5) is 0. The van der Waals surface area contributed by atoms with Crippen molar-refractivity contribution < 1.29 is 0 Å².